The van der Waals surface area contributed by atoms with Crippen LogP contribution in [0.5, 0.6) is 11.5 Å². The van der Waals surface area contributed by atoms with Crippen molar-refractivity contribution in [1.29, 1.82) is 5.41 Å². The van der Waals surface area contributed by atoms with Gasteiger partial charge in [0.1, 0.15) is 11.5 Å². The number of ketones is 2. The predicted molar refractivity (Wildman–Crippen MR) is 80.4 cm³/mol. The van der Waals surface area contributed by atoms with E-state index in [1.54, 1.807) is 0 Å². The Labute approximate surface area is 125 Å². The van der Waals surface area contributed by atoms with Gasteiger partial charge in [0.15, 0.2) is 11.6 Å². The van der Waals surface area contributed by atoms with Crippen LogP contribution < -0.4 is 5.32 Å². The molecule has 0 saturated carbocycles. The smallest absolute Gasteiger partial charge is 0.200 e. The van der Waals surface area contributed by atoms with Crippen LogP contribution in [-0.2, 0) is 0 Å². The highest BCUT2D eigenvalue weighted by atomic mass is 16.3. The number of phenols is 2. The summed E-state index contributed by atoms with van der Waals surface area (Å²) in [6.45, 7) is 0.173. The van der Waals surface area contributed by atoms with Crippen LogP contribution in [0.1, 0.15) is 31.8 Å². The number of carbonyl (C=O) groups excluding carboxylic acids is 2. The number of hydrogen-bond donors (Lipinski definition) is 4. The maximum absolute atomic E-state index is 12.7. The molecule has 6 nitrogen and oxygen atoms in total. The van der Waals surface area contributed by atoms with Gasteiger partial charge < -0.3 is 20.9 Å². The molecule has 3 rings (SSSR count). The van der Waals surface area contributed by atoms with Crippen LogP contribution in [0.15, 0.2) is 30.3 Å². The Morgan fingerprint density at radius 1 is 0.955 bits per heavy atom. The van der Waals surface area contributed by atoms with E-state index in [1.807, 2.05) is 0 Å². The minimum absolute atomic E-state index is 0.0147. The van der Waals surface area contributed by atoms with Crippen molar-refractivity contribution in [2.45, 2.75) is 0 Å². The van der Waals surface area contributed by atoms with Crippen LogP contribution in [-0.4, -0.2) is 34.5 Å². The minimum atomic E-state index is -0.536. The van der Waals surface area contributed by atoms with Crippen LogP contribution in [0.2, 0.25) is 0 Å². The van der Waals surface area contributed by atoms with Crippen molar-refractivity contribution in [3.05, 3.63) is 52.6 Å². The van der Waals surface area contributed by atoms with E-state index in [2.05, 4.69) is 5.32 Å². The molecule has 2 aromatic carbocycles. The molecule has 4 N–H and O–H groups in total. The molecule has 6 heteroatoms. The Kier molecular flexibility index (Phi) is 3.14. The Balaban J connectivity index is 2.29. The van der Waals surface area contributed by atoms with Crippen LogP contribution in [0.25, 0.3) is 0 Å². The van der Waals surface area contributed by atoms with Gasteiger partial charge in [0.05, 0.1) is 16.7 Å². The van der Waals surface area contributed by atoms with E-state index in [4.69, 9.17) is 5.41 Å². The molecule has 0 amide bonds. The summed E-state index contributed by atoms with van der Waals surface area (Å²) in [5.41, 5.74) is 0.267. The number of rotatable bonds is 3. The van der Waals surface area contributed by atoms with E-state index >= 15 is 0 Å². The summed E-state index contributed by atoms with van der Waals surface area (Å²) in [6.07, 6.45) is 1.11. The fourth-order valence-corrected chi connectivity index (χ4v) is 2.59. The molecule has 0 unspecified atom stereocenters. The van der Waals surface area contributed by atoms with E-state index in [9.17, 15) is 19.8 Å². The zero-order valence-corrected chi connectivity index (χ0v) is 11.4. The molecule has 0 bridgehead atoms. The van der Waals surface area contributed by atoms with Gasteiger partial charge in [0, 0.05) is 24.0 Å². The molecule has 0 aromatic heterocycles. The van der Waals surface area contributed by atoms with Crippen LogP contribution in [0.3, 0.4) is 0 Å². The number of benzene rings is 2. The molecule has 0 atom stereocenters. The van der Waals surface area contributed by atoms with Gasteiger partial charge in [-0.2, -0.15) is 0 Å². The zero-order chi connectivity index (χ0) is 15.9. The Bertz CT molecular complexity index is 827. The van der Waals surface area contributed by atoms with Crippen molar-refractivity contribution < 1.29 is 19.8 Å². The lowest BCUT2D eigenvalue weighted by molar-refractivity contribution is 0.0975. The van der Waals surface area contributed by atoms with Gasteiger partial charge in [-0.05, 0) is 18.2 Å². The van der Waals surface area contributed by atoms with Gasteiger partial charge in [-0.3, -0.25) is 9.59 Å². The van der Waals surface area contributed by atoms with Gasteiger partial charge in [-0.25, -0.2) is 0 Å². The molecule has 22 heavy (non-hydrogen) atoms. The summed E-state index contributed by atoms with van der Waals surface area (Å²) in [6, 6.07) is 7.04. The second-order valence-corrected chi connectivity index (χ2v) is 4.83. The first-order chi connectivity index (χ1) is 10.6. The third-order valence-electron chi connectivity index (χ3n) is 3.55. The first kappa shape index (κ1) is 13.8. The third kappa shape index (κ3) is 1.85. The molecular weight excluding hydrogens is 284 g/mol. The highest BCUT2D eigenvalue weighted by Gasteiger charge is 2.35. The SMILES string of the molecule is N=CCNc1ccc(O)c2c1C(=O)c1c(O)cccc1C2=O. The van der Waals surface area contributed by atoms with Crippen molar-refractivity contribution in [2.75, 3.05) is 11.9 Å². The lowest BCUT2D eigenvalue weighted by Gasteiger charge is -2.21. The van der Waals surface area contributed by atoms with Crippen molar-refractivity contribution >= 4 is 23.5 Å². The van der Waals surface area contributed by atoms with E-state index in [-0.39, 0.29) is 40.3 Å². The monoisotopic (exact) mass is 296 g/mol. The van der Waals surface area contributed by atoms with Crippen molar-refractivity contribution in [3.8, 4) is 11.5 Å². The van der Waals surface area contributed by atoms with Gasteiger partial charge in [-0.1, -0.05) is 12.1 Å². The van der Waals surface area contributed by atoms with Crippen molar-refractivity contribution in [3.63, 3.8) is 0 Å². The Morgan fingerprint density at radius 3 is 2.41 bits per heavy atom. The molecular formula is C16H12N2O4. The maximum Gasteiger partial charge on any atom is 0.200 e. The Hall–Kier alpha value is -3.15. The fourth-order valence-electron chi connectivity index (χ4n) is 2.59. The number of anilines is 1. The fraction of sp³-hybridized carbons (Fsp3) is 0.0625. The van der Waals surface area contributed by atoms with Crippen LogP contribution in [0, 0.1) is 5.41 Å². The van der Waals surface area contributed by atoms with E-state index in [0.29, 0.717) is 5.69 Å². The normalized spacial score (nSPS) is 12.5. The summed E-state index contributed by atoms with van der Waals surface area (Å²) in [7, 11) is 0. The minimum Gasteiger partial charge on any atom is -0.507 e. The summed E-state index contributed by atoms with van der Waals surface area (Å²) >= 11 is 0. The molecule has 0 heterocycles. The van der Waals surface area contributed by atoms with Gasteiger partial charge >= 0.3 is 0 Å². The predicted octanol–water partition coefficient (Wildman–Crippen LogP) is 1.93. The van der Waals surface area contributed by atoms with Crippen LogP contribution in [0.4, 0.5) is 5.69 Å². The molecule has 110 valence electrons. The number of hydrogen-bond acceptors (Lipinski definition) is 6. The second kappa shape index (κ2) is 5.00. The summed E-state index contributed by atoms with van der Waals surface area (Å²) in [5.74, 6) is -1.62. The third-order valence-corrected chi connectivity index (χ3v) is 3.55. The average molecular weight is 296 g/mol. The average Bonchev–Trinajstić information content (AvgIpc) is 2.51. The number of fused-ring (bicyclic) bond motifs is 2. The van der Waals surface area contributed by atoms with Gasteiger partial charge in [0.25, 0.3) is 0 Å². The lowest BCUT2D eigenvalue weighted by atomic mass is 9.82. The van der Waals surface area contributed by atoms with Gasteiger partial charge in [-0.15, -0.1) is 0 Å². The highest BCUT2D eigenvalue weighted by Crippen LogP contribution is 2.39. The molecule has 1 aliphatic carbocycles. The largest absolute Gasteiger partial charge is 0.507 e. The molecule has 0 radical (unpaired) electrons. The summed E-state index contributed by atoms with van der Waals surface area (Å²) in [5, 5.41) is 29.8. The second-order valence-electron chi connectivity index (χ2n) is 4.83. The Morgan fingerprint density at radius 2 is 1.68 bits per heavy atom. The topological polar surface area (TPSA) is 110 Å². The number of aromatic hydroxyl groups is 2. The van der Waals surface area contributed by atoms with Crippen molar-refractivity contribution in [2.24, 2.45) is 0 Å². The first-order valence-corrected chi connectivity index (χ1v) is 6.56. The molecule has 2 aromatic rings. The number of phenolic OH excluding ortho intramolecular Hbond substituents is 2. The zero-order valence-electron chi connectivity index (χ0n) is 11.4. The summed E-state index contributed by atoms with van der Waals surface area (Å²) in [4.78, 5) is 25.2. The molecule has 0 aliphatic heterocycles. The van der Waals surface area contributed by atoms with E-state index in [1.165, 1.54) is 30.3 Å². The molecule has 1 aliphatic rings. The number of nitrogens with one attached hydrogen (secondary N) is 2. The van der Waals surface area contributed by atoms with Gasteiger partial charge in [0.2, 0.25) is 0 Å². The van der Waals surface area contributed by atoms with E-state index < -0.39 is 11.6 Å². The first-order valence-electron chi connectivity index (χ1n) is 6.56. The molecule has 0 fully saturated rings. The molecule has 0 saturated heterocycles. The van der Waals surface area contributed by atoms with Crippen molar-refractivity contribution in [1.82, 2.24) is 0 Å². The van der Waals surface area contributed by atoms with Crippen LogP contribution >= 0.6 is 0 Å². The van der Waals surface area contributed by atoms with E-state index in [0.717, 1.165) is 6.21 Å². The maximum atomic E-state index is 12.7. The molecule has 0 spiro atoms. The standard InChI is InChI=1S/C16H12N2O4/c17-6-7-18-9-4-5-11(20)14-13(9)16(22)12-8(15(14)21)2-1-3-10(12)19/h1-6,17-20H,7H2. The quantitative estimate of drug-likeness (QED) is 0.436. The highest BCUT2D eigenvalue weighted by molar-refractivity contribution is 6.31. The summed E-state index contributed by atoms with van der Waals surface area (Å²) < 4.78 is 0. The lowest BCUT2D eigenvalue weighted by Crippen LogP contribution is -2.23. The number of carbonyl (C=O) groups is 2.